The van der Waals surface area contributed by atoms with Gasteiger partial charge in [0.2, 0.25) is 0 Å². The normalized spacial score (nSPS) is 28.4. The maximum absolute atomic E-state index is 6.63. The van der Waals surface area contributed by atoms with E-state index in [9.17, 15) is 0 Å². The Balaban J connectivity index is 0.00000146. The maximum atomic E-state index is 6.63. The minimum absolute atomic E-state index is 0. The van der Waals surface area contributed by atoms with E-state index in [0.717, 1.165) is 31.2 Å². The van der Waals surface area contributed by atoms with Gasteiger partial charge in [-0.25, -0.2) is 0 Å². The number of ether oxygens (including phenoxy) is 1. The number of hydrogen-bond donors (Lipinski definition) is 0. The lowest BCUT2D eigenvalue weighted by atomic mass is 9.74. The summed E-state index contributed by atoms with van der Waals surface area (Å²) in [6.07, 6.45) is 3.94. The Morgan fingerprint density at radius 2 is 1.75 bits per heavy atom. The van der Waals surface area contributed by atoms with E-state index in [4.69, 9.17) is 4.74 Å². The van der Waals surface area contributed by atoms with E-state index in [1.807, 2.05) is 0 Å². The first-order chi connectivity index (χ1) is 11.4. The van der Waals surface area contributed by atoms with Gasteiger partial charge in [0, 0.05) is 37.5 Å². The summed E-state index contributed by atoms with van der Waals surface area (Å²) in [6.45, 7) is 3.56. The second-order valence-electron chi connectivity index (χ2n) is 7.40. The van der Waals surface area contributed by atoms with Crippen molar-refractivity contribution in [3.63, 3.8) is 0 Å². The van der Waals surface area contributed by atoms with E-state index in [1.165, 1.54) is 30.5 Å². The molecule has 1 aliphatic carbocycles. The second-order valence-corrected chi connectivity index (χ2v) is 7.40. The van der Waals surface area contributed by atoms with Gasteiger partial charge in [0.1, 0.15) is 11.4 Å². The zero-order valence-electron chi connectivity index (χ0n) is 13.9. The van der Waals surface area contributed by atoms with Crippen LogP contribution in [0.25, 0.3) is 0 Å². The molecule has 126 valence electrons. The molecule has 0 N–H and O–H groups in total. The lowest BCUT2D eigenvalue weighted by molar-refractivity contribution is -0.00135. The minimum Gasteiger partial charge on any atom is -0.482 e. The topological polar surface area (TPSA) is 12.5 Å². The second kappa shape index (κ2) is 6.09. The van der Waals surface area contributed by atoms with Crippen LogP contribution in [0.5, 0.6) is 5.75 Å². The molecule has 0 amide bonds. The molecule has 2 heterocycles. The Labute approximate surface area is 150 Å². The number of hydrogen-bond acceptors (Lipinski definition) is 2. The molecule has 0 bridgehead atoms. The van der Waals surface area contributed by atoms with Crippen molar-refractivity contribution in [3.8, 4) is 5.75 Å². The van der Waals surface area contributed by atoms with Crippen LogP contribution in [0.2, 0.25) is 0 Å². The summed E-state index contributed by atoms with van der Waals surface area (Å²) in [7, 11) is 0. The van der Waals surface area contributed by atoms with E-state index in [0.29, 0.717) is 5.92 Å². The highest BCUT2D eigenvalue weighted by Crippen LogP contribution is 2.54. The smallest absolute Gasteiger partial charge is 0.143 e. The Morgan fingerprint density at radius 1 is 1.00 bits per heavy atom. The number of likely N-dealkylation sites (tertiary alicyclic amines) is 1. The number of rotatable bonds is 3. The van der Waals surface area contributed by atoms with Crippen molar-refractivity contribution in [2.24, 2.45) is 5.92 Å². The molecule has 24 heavy (non-hydrogen) atoms. The third-order valence-electron chi connectivity index (χ3n) is 5.87. The van der Waals surface area contributed by atoms with Crippen LogP contribution in [0.1, 0.15) is 36.3 Å². The molecule has 3 heteroatoms. The first-order valence-electron chi connectivity index (χ1n) is 8.91. The molecule has 2 atom stereocenters. The van der Waals surface area contributed by atoms with Crippen LogP contribution >= 0.6 is 12.4 Å². The predicted octanol–water partition coefficient (Wildman–Crippen LogP) is 4.60. The fourth-order valence-electron chi connectivity index (χ4n) is 4.48. The Hall–Kier alpha value is -1.51. The molecule has 0 radical (unpaired) electrons. The molecule has 1 saturated carbocycles. The Kier molecular flexibility index (Phi) is 4.06. The molecule has 0 aromatic heterocycles. The van der Waals surface area contributed by atoms with Gasteiger partial charge in [0.25, 0.3) is 0 Å². The number of para-hydroxylation sites is 1. The average molecular weight is 342 g/mol. The van der Waals surface area contributed by atoms with Crippen LogP contribution in [-0.2, 0) is 5.60 Å². The van der Waals surface area contributed by atoms with Crippen molar-refractivity contribution in [3.05, 3.63) is 65.7 Å². The van der Waals surface area contributed by atoms with Crippen molar-refractivity contribution >= 4 is 12.4 Å². The number of benzene rings is 2. The van der Waals surface area contributed by atoms with E-state index in [2.05, 4.69) is 59.5 Å². The quantitative estimate of drug-likeness (QED) is 0.809. The monoisotopic (exact) mass is 341 g/mol. The van der Waals surface area contributed by atoms with Crippen LogP contribution in [0.3, 0.4) is 0 Å². The highest BCUT2D eigenvalue weighted by Gasteiger charge is 2.52. The van der Waals surface area contributed by atoms with Gasteiger partial charge >= 0.3 is 0 Å². The van der Waals surface area contributed by atoms with E-state index in [1.54, 1.807) is 0 Å². The Bertz CT molecular complexity index is 715. The highest BCUT2D eigenvalue weighted by atomic mass is 35.5. The lowest BCUT2D eigenvalue weighted by Crippen LogP contribution is -2.49. The molecule has 2 aromatic carbocycles. The van der Waals surface area contributed by atoms with Gasteiger partial charge in [0.05, 0.1) is 0 Å². The third kappa shape index (κ3) is 2.53. The molecule has 5 rings (SSSR count). The summed E-state index contributed by atoms with van der Waals surface area (Å²) in [4.78, 5) is 2.68. The number of piperidine rings is 1. The number of fused-ring (bicyclic) bond motifs is 3. The largest absolute Gasteiger partial charge is 0.482 e. The van der Waals surface area contributed by atoms with Crippen LogP contribution in [0.4, 0.5) is 0 Å². The lowest BCUT2D eigenvalue weighted by Gasteiger charge is -2.43. The molecule has 2 aromatic rings. The van der Waals surface area contributed by atoms with Gasteiger partial charge in [0.15, 0.2) is 0 Å². The predicted molar refractivity (Wildman–Crippen MR) is 99.0 cm³/mol. The molecule has 1 saturated heterocycles. The number of halogens is 1. The van der Waals surface area contributed by atoms with Crippen LogP contribution in [-0.4, -0.2) is 24.5 Å². The zero-order chi connectivity index (χ0) is 15.3. The van der Waals surface area contributed by atoms with Gasteiger partial charge in [-0.2, -0.15) is 0 Å². The first kappa shape index (κ1) is 16.0. The summed E-state index contributed by atoms with van der Waals surface area (Å²) in [5, 5.41) is 0. The van der Waals surface area contributed by atoms with Crippen molar-refractivity contribution < 1.29 is 4.74 Å². The fraction of sp³-hybridized carbons (Fsp3) is 0.429. The van der Waals surface area contributed by atoms with Crippen LogP contribution in [0, 0.1) is 5.92 Å². The fourth-order valence-corrected chi connectivity index (χ4v) is 4.48. The van der Waals surface area contributed by atoms with Gasteiger partial charge in [-0.15, -0.1) is 12.4 Å². The van der Waals surface area contributed by atoms with E-state index >= 15 is 0 Å². The molecule has 2 aliphatic heterocycles. The van der Waals surface area contributed by atoms with Crippen molar-refractivity contribution in [1.29, 1.82) is 0 Å². The Morgan fingerprint density at radius 3 is 2.54 bits per heavy atom. The number of nitrogens with zero attached hydrogens (tertiary/aromatic N) is 1. The summed E-state index contributed by atoms with van der Waals surface area (Å²) in [6, 6.07) is 19.5. The highest BCUT2D eigenvalue weighted by molar-refractivity contribution is 5.85. The van der Waals surface area contributed by atoms with Crippen LogP contribution < -0.4 is 4.74 Å². The molecule has 2 nitrogen and oxygen atoms in total. The molecule has 0 unspecified atom stereocenters. The zero-order valence-corrected chi connectivity index (χ0v) is 14.7. The van der Waals surface area contributed by atoms with Gasteiger partial charge < -0.3 is 9.64 Å². The minimum atomic E-state index is -0.162. The van der Waals surface area contributed by atoms with Gasteiger partial charge in [-0.05, 0) is 30.4 Å². The molecular formula is C21H24ClNO. The first-order valence-corrected chi connectivity index (χ1v) is 8.91. The summed E-state index contributed by atoms with van der Waals surface area (Å²) in [5.41, 5.74) is 2.58. The third-order valence-corrected chi connectivity index (χ3v) is 5.87. The van der Waals surface area contributed by atoms with E-state index < -0.39 is 0 Å². The summed E-state index contributed by atoms with van der Waals surface area (Å²) in [5.74, 6) is 2.50. The van der Waals surface area contributed by atoms with Crippen molar-refractivity contribution in [1.82, 2.24) is 4.90 Å². The van der Waals surface area contributed by atoms with Gasteiger partial charge in [-0.3, -0.25) is 0 Å². The van der Waals surface area contributed by atoms with Crippen LogP contribution in [0.15, 0.2) is 54.6 Å². The SMILES string of the molecule is Cl.c1ccc([C@@]23CCN(CC4CC4)C[C@@H]2c2ccccc2O3)cc1. The standard InChI is InChI=1S/C21H23NO.ClH/c1-2-6-17(7-3-1)21-12-13-22(14-16-10-11-16)15-19(21)18-8-4-5-9-20(18)23-21;/h1-9,16,19H,10-15H2;1H/t19-,21+;/m1./s1. The van der Waals surface area contributed by atoms with Crippen molar-refractivity contribution in [2.75, 3.05) is 19.6 Å². The summed E-state index contributed by atoms with van der Waals surface area (Å²) >= 11 is 0. The summed E-state index contributed by atoms with van der Waals surface area (Å²) < 4.78 is 6.63. The van der Waals surface area contributed by atoms with Gasteiger partial charge in [-0.1, -0.05) is 48.5 Å². The maximum Gasteiger partial charge on any atom is 0.143 e. The molecule has 3 aliphatic rings. The average Bonchev–Trinajstić information content (AvgIpc) is 3.35. The molecular weight excluding hydrogens is 318 g/mol. The molecule has 0 spiro atoms. The van der Waals surface area contributed by atoms with Crippen molar-refractivity contribution in [2.45, 2.75) is 30.8 Å². The molecule has 2 fully saturated rings. The van der Waals surface area contributed by atoms with E-state index in [-0.39, 0.29) is 18.0 Å².